The molecule has 0 radical (unpaired) electrons. The summed E-state index contributed by atoms with van der Waals surface area (Å²) in [6.45, 7) is 0. The molecule has 6 heteroatoms. The standard InChI is InChI=1S/C12H14N2O4/c1-17-6-3-7-8(10(13)12(15)16)5-14-11(7)9(4-6)18-2/h3-5,10,14H,13H2,1-2H3,(H,15,16). The van der Waals surface area contributed by atoms with Gasteiger partial charge in [-0.3, -0.25) is 4.79 Å². The number of methoxy groups -OCH3 is 2. The number of fused-ring (bicyclic) bond motifs is 1. The van der Waals surface area contributed by atoms with E-state index in [0.717, 1.165) is 0 Å². The second-order valence-electron chi connectivity index (χ2n) is 3.81. The van der Waals surface area contributed by atoms with Crippen LogP contribution in [0.25, 0.3) is 10.9 Å². The molecular formula is C12H14N2O4. The molecule has 1 atom stereocenters. The van der Waals surface area contributed by atoms with E-state index in [1.54, 1.807) is 18.3 Å². The number of ether oxygens (including phenoxy) is 2. The molecule has 4 N–H and O–H groups in total. The average Bonchev–Trinajstić information content (AvgIpc) is 2.79. The largest absolute Gasteiger partial charge is 0.497 e. The van der Waals surface area contributed by atoms with Crippen LogP contribution in [-0.2, 0) is 4.79 Å². The lowest BCUT2D eigenvalue weighted by molar-refractivity contribution is -0.138. The molecule has 0 amide bonds. The molecule has 1 aromatic carbocycles. The van der Waals surface area contributed by atoms with Gasteiger partial charge in [-0.05, 0) is 6.07 Å². The Kier molecular flexibility index (Phi) is 3.12. The minimum atomic E-state index is -1.09. The molecule has 1 aromatic heterocycles. The molecule has 0 bridgehead atoms. The molecule has 6 nitrogen and oxygen atoms in total. The molecule has 2 aromatic rings. The summed E-state index contributed by atoms with van der Waals surface area (Å²) in [7, 11) is 3.07. The minimum absolute atomic E-state index is 0.495. The Labute approximate surface area is 103 Å². The highest BCUT2D eigenvalue weighted by Gasteiger charge is 2.20. The zero-order valence-electron chi connectivity index (χ0n) is 10.1. The number of carbonyl (C=O) groups is 1. The van der Waals surface area contributed by atoms with Crippen LogP contribution in [0.4, 0.5) is 0 Å². The maximum Gasteiger partial charge on any atom is 0.325 e. The molecule has 0 saturated heterocycles. The molecule has 0 aliphatic rings. The smallest absolute Gasteiger partial charge is 0.325 e. The van der Waals surface area contributed by atoms with Crippen molar-refractivity contribution in [1.82, 2.24) is 4.98 Å². The molecule has 2 rings (SSSR count). The fourth-order valence-electron chi connectivity index (χ4n) is 1.86. The number of hydrogen-bond donors (Lipinski definition) is 3. The summed E-state index contributed by atoms with van der Waals surface area (Å²) in [4.78, 5) is 13.9. The van der Waals surface area contributed by atoms with Gasteiger partial charge in [-0.15, -0.1) is 0 Å². The van der Waals surface area contributed by atoms with Crippen molar-refractivity contribution in [3.8, 4) is 11.5 Å². The molecule has 96 valence electrons. The van der Waals surface area contributed by atoms with Crippen molar-refractivity contribution >= 4 is 16.9 Å². The number of H-pyrrole nitrogens is 1. The average molecular weight is 250 g/mol. The number of aromatic nitrogens is 1. The Balaban J connectivity index is 2.67. The van der Waals surface area contributed by atoms with Crippen LogP contribution in [0.5, 0.6) is 11.5 Å². The SMILES string of the molecule is COc1cc(OC)c2[nH]cc(C(N)C(=O)O)c2c1. The maximum atomic E-state index is 10.9. The molecule has 1 heterocycles. The minimum Gasteiger partial charge on any atom is -0.497 e. The van der Waals surface area contributed by atoms with Crippen LogP contribution in [0.3, 0.4) is 0 Å². The topological polar surface area (TPSA) is 97.6 Å². The van der Waals surface area contributed by atoms with E-state index in [1.165, 1.54) is 14.2 Å². The molecule has 0 aliphatic heterocycles. The van der Waals surface area contributed by atoms with Gasteiger partial charge in [-0.1, -0.05) is 0 Å². The van der Waals surface area contributed by atoms with Crippen LogP contribution in [-0.4, -0.2) is 30.3 Å². The van der Waals surface area contributed by atoms with Crippen LogP contribution >= 0.6 is 0 Å². The van der Waals surface area contributed by atoms with E-state index in [1.807, 2.05) is 0 Å². The van der Waals surface area contributed by atoms with E-state index in [0.29, 0.717) is 28.0 Å². The summed E-state index contributed by atoms with van der Waals surface area (Å²) >= 11 is 0. The number of benzene rings is 1. The van der Waals surface area contributed by atoms with Crippen molar-refractivity contribution in [2.24, 2.45) is 5.73 Å². The summed E-state index contributed by atoms with van der Waals surface area (Å²) < 4.78 is 10.4. The van der Waals surface area contributed by atoms with Gasteiger partial charge in [0.05, 0.1) is 19.7 Å². The Morgan fingerprint density at radius 1 is 1.39 bits per heavy atom. The van der Waals surface area contributed by atoms with Crippen molar-refractivity contribution in [3.05, 3.63) is 23.9 Å². The second-order valence-corrected chi connectivity index (χ2v) is 3.81. The Bertz CT molecular complexity index is 591. The lowest BCUT2D eigenvalue weighted by Gasteiger charge is -2.08. The summed E-state index contributed by atoms with van der Waals surface area (Å²) in [5.41, 5.74) is 6.82. The highest BCUT2D eigenvalue weighted by atomic mass is 16.5. The highest BCUT2D eigenvalue weighted by Crippen LogP contribution is 2.34. The third-order valence-corrected chi connectivity index (χ3v) is 2.82. The van der Waals surface area contributed by atoms with Crippen molar-refractivity contribution in [2.45, 2.75) is 6.04 Å². The van der Waals surface area contributed by atoms with Gasteiger partial charge in [-0.2, -0.15) is 0 Å². The van der Waals surface area contributed by atoms with Gasteiger partial charge in [0.25, 0.3) is 0 Å². The summed E-state index contributed by atoms with van der Waals surface area (Å²) in [5.74, 6) is 0.0728. The van der Waals surface area contributed by atoms with E-state index in [9.17, 15) is 4.79 Å². The molecule has 1 unspecified atom stereocenters. The zero-order valence-corrected chi connectivity index (χ0v) is 10.1. The van der Waals surface area contributed by atoms with Crippen molar-refractivity contribution in [3.63, 3.8) is 0 Å². The van der Waals surface area contributed by atoms with Gasteiger partial charge in [-0.25, -0.2) is 0 Å². The fourth-order valence-corrected chi connectivity index (χ4v) is 1.86. The quantitative estimate of drug-likeness (QED) is 0.759. The monoisotopic (exact) mass is 250 g/mol. The number of nitrogens with two attached hydrogens (primary N) is 1. The number of carboxylic acid groups (broad SMARTS) is 1. The van der Waals surface area contributed by atoms with Gasteiger partial charge >= 0.3 is 5.97 Å². The number of hydrogen-bond acceptors (Lipinski definition) is 4. The van der Waals surface area contributed by atoms with Crippen LogP contribution in [0.2, 0.25) is 0 Å². The lowest BCUT2D eigenvalue weighted by Crippen LogP contribution is -2.20. The lowest BCUT2D eigenvalue weighted by atomic mass is 10.1. The van der Waals surface area contributed by atoms with Crippen molar-refractivity contribution in [2.75, 3.05) is 14.2 Å². The molecular weight excluding hydrogens is 236 g/mol. The Hall–Kier alpha value is -2.21. The van der Waals surface area contributed by atoms with E-state index >= 15 is 0 Å². The highest BCUT2D eigenvalue weighted by molar-refractivity contribution is 5.93. The molecule has 0 spiro atoms. The second kappa shape index (κ2) is 4.58. The summed E-state index contributed by atoms with van der Waals surface area (Å²) in [6.07, 6.45) is 1.57. The molecule has 18 heavy (non-hydrogen) atoms. The van der Waals surface area contributed by atoms with Crippen molar-refractivity contribution in [1.29, 1.82) is 0 Å². The first-order chi connectivity index (χ1) is 8.58. The molecule has 0 saturated carbocycles. The van der Waals surface area contributed by atoms with E-state index < -0.39 is 12.0 Å². The molecule has 0 fully saturated rings. The van der Waals surface area contributed by atoms with Crippen LogP contribution in [0, 0.1) is 0 Å². The molecule has 0 aliphatic carbocycles. The van der Waals surface area contributed by atoms with Gasteiger partial charge in [0.1, 0.15) is 17.5 Å². The van der Waals surface area contributed by atoms with Crippen LogP contribution in [0.15, 0.2) is 18.3 Å². The van der Waals surface area contributed by atoms with E-state index in [-0.39, 0.29) is 0 Å². The number of aromatic amines is 1. The number of carboxylic acids is 1. The maximum absolute atomic E-state index is 10.9. The van der Waals surface area contributed by atoms with E-state index in [2.05, 4.69) is 4.98 Å². The van der Waals surface area contributed by atoms with Crippen molar-refractivity contribution < 1.29 is 19.4 Å². The number of rotatable bonds is 4. The Morgan fingerprint density at radius 3 is 2.67 bits per heavy atom. The van der Waals surface area contributed by atoms with Gasteiger partial charge in [0.15, 0.2) is 0 Å². The number of aliphatic carboxylic acids is 1. The third kappa shape index (κ3) is 1.86. The fraction of sp³-hybridized carbons (Fsp3) is 0.250. The zero-order chi connectivity index (χ0) is 13.3. The first kappa shape index (κ1) is 12.3. The van der Waals surface area contributed by atoms with Crippen LogP contribution < -0.4 is 15.2 Å². The first-order valence-electron chi connectivity index (χ1n) is 5.30. The van der Waals surface area contributed by atoms with Crippen LogP contribution in [0.1, 0.15) is 11.6 Å². The predicted octanol–water partition coefficient (Wildman–Crippen LogP) is 1.27. The number of nitrogens with one attached hydrogen (secondary N) is 1. The first-order valence-corrected chi connectivity index (χ1v) is 5.30. The van der Waals surface area contributed by atoms with E-state index in [4.69, 9.17) is 20.3 Å². The summed E-state index contributed by atoms with van der Waals surface area (Å²) in [5, 5.41) is 9.65. The van der Waals surface area contributed by atoms with Gasteiger partial charge in [0, 0.05) is 23.2 Å². The predicted molar refractivity (Wildman–Crippen MR) is 66.0 cm³/mol. The Morgan fingerprint density at radius 2 is 2.11 bits per heavy atom. The van der Waals surface area contributed by atoms with Gasteiger partial charge < -0.3 is 25.3 Å². The third-order valence-electron chi connectivity index (χ3n) is 2.82. The summed E-state index contributed by atoms with van der Waals surface area (Å²) in [6, 6.07) is 2.36. The normalized spacial score (nSPS) is 12.4. The van der Waals surface area contributed by atoms with Gasteiger partial charge in [0.2, 0.25) is 0 Å².